The van der Waals surface area contributed by atoms with E-state index in [2.05, 4.69) is 20.9 Å². The van der Waals surface area contributed by atoms with Crippen LogP contribution in [-0.2, 0) is 0 Å². The van der Waals surface area contributed by atoms with Crippen LogP contribution in [-0.4, -0.2) is 36.1 Å². The van der Waals surface area contributed by atoms with E-state index >= 15 is 0 Å². The molecule has 0 bridgehead atoms. The first kappa shape index (κ1) is 22.5. The Morgan fingerprint density at radius 3 is 2.67 bits per heavy atom. The number of hydrogen-bond donors (Lipinski definition) is 3. The second kappa shape index (κ2) is 9.25. The van der Waals surface area contributed by atoms with Crippen LogP contribution in [0.4, 0.5) is 21.9 Å². The Morgan fingerprint density at radius 1 is 1.14 bits per heavy atom. The van der Waals surface area contributed by atoms with Gasteiger partial charge in [-0.1, -0.05) is 18.2 Å². The third-order valence-corrected chi connectivity index (χ3v) is 7.54. The maximum atomic E-state index is 13.4. The highest BCUT2D eigenvalue weighted by atomic mass is 32.1. The highest BCUT2D eigenvalue weighted by molar-refractivity contribution is 7.21. The van der Waals surface area contributed by atoms with Crippen LogP contribution in [0.25, 0.3) is 10.2 Å². The van der Waals surface area contributed by atoms with Crippen molar-refractivity contribution in [2.24, 2.45) is 0 Å². The molecule has 36 heavy (non-hydrogen) atoms. The maximum Gasteiger partial charge on any atom is 0.331 e. The second-order valence-electron chi connectivity index (χ2n) is 8.97. The van der Waals surface area contributed by atoms with Gasteiger partial charge in [-0.05, 0) is 68.3 Å². The third kappa shape index (κ3) is 4.06. The first-order chi connectivity index (χ1) is 17.6. The summed E-state index contributed by atoms with van der Waals surface area (Å²) in [5, 5.41) is 10.2. The minimum atomic E-state index is -0.318. The molecule has 0 aliphatic carbocycles. The Bertz CT molecular complexity index is 1450. The minimum Gasteiger partial charge on any atom is -0.457 e. The van der Waals surface area contributed by atoms with Gasteiger partial charge in [-0.15, -0.1) is 11.3 Å². The number of benzene rings is 2. The number of pyridine rings is 1. The molecule has 4 aromatic rings. The van der Waals surface area contributed by atoms with Crippen LogP contribution in [0.15, 0.2) is 60.8 Å². The molecule has 2 aliphatic rings. The number of urea groups is 1. The van der Waals surface area contributed by atoms with E-state index in [1.54, 1.807) is 11.1 Å². The molecule has 0 spiro atoms. The van der Waals surface area contributed by atoms with Crippen LogP contribution in [0.5, 0.6) is 11.5 Å². The van der Waals surface area contributed by atoms with Gasteiger partial charge < -0.3 is 20.7 Å². The van der Waals surface area contributed by atoms with Gasteiger partial charge in [0.1, 0.15) is 21.2 Å². The zero-order valence-electron chi connectivity index (χ0n) is 19.7. The van der Waals surface area contributed by atoms with Crippen LogP contribution in [0.1, 0.15) is 28.1 Å². The molecular formula is C27H25N5O3S. The second-order valence-corrected chi connectivity index (χ2v) is 9.97. The van der Waals surface area contributed by atoms with Crippen molar-refractivity contribution in [3.05, 3.63) is 71.2 Å². The maximum absolute atomic E-state index is 13.4. The molecule has 2 aromatic carbocycles. The molecule has 1 fully saturated rings. The van der Waals surface area contributed by atoms with Gasteiger partial charge in [-0.25, -0.2) is 9.78 Å². The van der Waals surface area contributed by atoms with Gasteiger partial charge in [0.2, 0.25) is 0 Å². The molecular weight excluding hydrogens is 474 g/mol. The molecule has 2 aromatic heterocycles. The van der Waals surface area contributed by atoms with Gasteiger partial charge in [-0.3, -0.25) is 9.69 Å². The number of piperidine rings is 1. The molecule has 8 nitrogen and oxygen atoms in total. The van der Waals surface area contributed by atoms with Crippen molar-refractivity contribution in [1.29, 1.82) is 0 Å². The Labute approximate surface area is 212 Å². The Morgan fingerprint density at radius 2 is 1.92 bits per heavy atom. The number of carbonyl (C=O) groups is 2. The fourth-order valence-electron chi connectivity index (χ4n) is 4.74. The van der Waals surface area contributed by atoms with Crippen molar-refractivity contribution < 1.29 is 14.3 Å². The summed E-state index contributed by atoms with van der Waals surface area (Å²) in [7, 11) is 0. The Balaban J connectivity index is 1.34. The predicted molar refractivity (Wildman–Crippen MR) is 142 cm³/mol. The summed E-state index contributed by atoms with van der Waals surface area (Å²) in [5.74, 6) is 1.23. The molecule has 3 amide bonds. The molecule has 2 aliphatic heterocycles. The SMILES string of the molecule is Cc1cnc2sc(C(=O)NC3CCCNC3)c3c2c1N(c1ccc(Oc2ccccc2)cc1)C(=O)N3. The van der Waals surface area contributed by atoms with Crippen LogP contribution in [0.3, 0.4) is 0 Å². The molecule has 1 atom stereocenters. The quantitative estimate of drug-likeness (QED) is 0.334. The highest BCUT2D eigenvalue weighted by Gasteiger charge is 2.34. The number of anilines is 3. The van der Waals surface area contributed by atoms with Crippen molar-refractivity contribution in [1.82, 2.24) is 15.6 Å². The van der Waals surface area contributed by atoms with Crippen molar-refractivity contribution in [3.63, 3.8) is 0 Å². The van der Waals surface area contributed by atoms with Gasteiger partial charge in [0, 0.05) is 18.8 Å². The molecule has 1 saturated heterocycles. The van der Waals surface area contributed by atoms with Gasteiger partial charge in [0.15, 0.2) is 0 Å². The van der Waals surface area contributed by atoms with Crippen LogP contribution in [0.2, 0.25) is 0 Å². The smallest absolute Gasteiger partial charge is 0.331 e. The van der Waals surface area contributed by atoms with Gasteiger partial charge in [-0.2, -0.15) is 0 Å². The Kier molecular flexibility index (Phi) is 5.79. The number of hydrogen-bond acceptors (Lipinski definition) is 6. The average molecular weight is 500 g/mol. The lowest BCUT2D eigenvalue weighted by molar-refractivity contribution is 0.0935. The first-order valence-electron chi connectivity index (χ1n) is 12.0. The van der Waals surface area contributed by atoms with Gasteiger partial charge in [0.05, 0.1) is 22.4 Å². The van der Waals surface area contributed by atoms with Crippen LogP contribution in [0, 0.1) is 6.92 Å². The third-order valence-electron chi connectivity index (χ3n) is 6.45. The standard InChI is InChI=1S/C27H25N5O3S/c1-16-14-29-26-21-22(24(36-26)25(33)30-17-6-5-13-28-15-17)31-27(34)32(23(16)21)18-9-11-20(12-10-18)35-19-7-3-2-4-8-19/h2-4,7-12,14,17,28H,5-6,13,15H2,1H3,(H,30,33)(H,31,34). The number of nitrogens with one attached hydrogen (secondary N) is 3. The van der Waals surface area contributed by atoms with Crippen LogP contribution >= 0.6 is 11.3 Å². The number of ether oxygens (including phenoxy) is 1. The number of rotatable bonds is 5. The fourth-order valence-corrected chi connectivity index (χ4v) is 5.74. The molecule has 182 valence electrons. The molecule has 0 saturated carbocycles. The van der Waals surface area contributed by atoms with Crippen molar-refractivity contribution >= 4 is 50.6 Å². The van der Waals surface area contributed by atoms with E-state index in [1.807, 2.05) is 61.5 Å². The summed E-state index contributed by atoms with van der Waals surface area (Å²) >= 11 is 1.31. The first-order valence-corrected chi connectivity index (χ1v) is 12.8. The van der Waals surface area contributed by atoms with E-state index < -0.39 is 0 Å². The number of thiophene rings is 1. The molecule has 9 heteroatoms. The molecule has 6 rings (SSSR count). The summed E-state index contributed by atoms with van der Waals surface area (Å²) in [4.78, 5) is 34.0. The van der Waals surface area contributed by atoms with E-state index in [-0.39, 0.29) is 18.0 Å². The fraction of sp³-hybridized carbons (Fsp3) is 0.222. The zero-order chi connectivity index (χ0) is 24.6. The van der Waals surface area contributed by atoms with E-state index in [0.717, 1.165) is 48.3 Å². The summed E-state index contributed by atoms with van der Waals surface area (Å²) in [6.45, 7) is 3.64. The van der Waals surface area contributed by atoms with E-state index in [9.17, 15) is 9.59 Å². The number of nitrogens with zero attached hydrogens (tertiary/aromatic N) is 2. The predicted octanol–water partition coefficient (Wildman–Crippen LogP) is 5.56. The number of amides is 3. The summed E-state index contributed by atoms with van der Waals surface area (Å²) in [5.41, 5.74) is 2.82. The summed E-state index contributed by atoms with van der Waals surface area (Å²) < 4.78 is 5.90. The molecule has 4 heterocycles. The lowest BCUT2D eigenvalue weighted by Gasteiger charge is -2.30. The van der Waals surface area contributed by atoms with Crippen molar-refractivity contribution in [3.8, 4) is 11.5 Å². The number of para-hydroxylation sites is 1. The van der Waals surface area contributed by atoms with Crippen molar-refractivity contribution in [2.45, 2.75) is 25.8 Å². The lowest BCUT2D eigenvalue weighted by Crippen LogP contribution is -2.45. The largest absolute Gasteiger partial charge is 0.457 e. The van der Waals surface area contributed by atoms with Gasteiger partial charge >= 0.3 is 6.03 Å². The highest BCUT2D eigenvalue weighted by Crippen LogP contribution is 2.47. The monoisotopic (exact) mass is 499 g/mol. The zero-order valence-corrected chi connectivity index (χ0v) is 20.5. The molecule has 3 N–H and O–H groups in total. The molecule has 1 unspecified atom stereocenters. The number of aryl methyl sites for hydroxylation is 1. The van der Waals surface area contributed by atoms with E-state index in [0.29, 0.717) is 26.8 Å². The van der Waals surface area contributed by atoms with E-state index in [1.165, 1.54) is 11.3 Å². The summed E-state index contributed by atoms with van der Waals surface area (Å²) in [6, 6.07) is 16.7. The topological polar surface area (TPSA) is 95.6 Å². The average Bonchev–Trinajstić information content (AvgIpc) is 3.27. The van der Waals surface area contributed by atoms with E-state index in [4.69, 9.17) is 4.74 Å². The lowest BCUT2D eigenvalue weighted by atomic mass is 10.1. The normalized spacial score (nSPS) is 17.1. The molecule has 0 radical (unpaired) electrons. The number of aromatic nitrogens is 1. The van der Waals surface area contributed by atoms with Gasteiger partial charge in [0.25, 0.3) is 5.91 Å². The van der Waals surface area contributed by atoms with Crippen LogP contribution < -0.4 is 25.6 Å². The van der Waals surface area contributed by atoms with Crippen molar-refractivity contribution in [2.75, 3.05) is 23.3 Å². The summed E-state index contributed by atoms with van der Waals surface area (Å²) in [6.07, 6.45) is 3.71. The number of carbonyl (C=O) groups excluding carboxylic acids is 2. The minimum absolute atomic E-state index is 0.0743. The Hall–Kier alpha value is -3.95.